The van der Waals surface area contributed by atoms with Gasteiger partial charge in [0, 0.05) is 6.54 Å². The quantitative estimate of drug-likeness (QED) is 0.921. The van der Waals surface area contributed by atoms with E-state index < -0.39 is 0 Å². The fourth-order valence-corrected chi connectivity index (χ4v) is 2.41. The molecular formula is C16H16FN3O2. The number of nitrogens with zero attached hydrogens (tertiary/aromatic N) is 2. The molecule has 0 radical (unpaired) electrons. The van der Waals surface area contributed by atoms with Crippen molar-refractivity contribution < 1.29 is 13.9 Å². The van der Waals surface area contributed by atoms with E-state index >= 15 is 0 Å². The molecule has 1 amide bonds. The largest absolute Gasteiger partial charge is 0.397 e. The molecule has 1 atom stereocenters. The summed E-state index contributed by atoms with van der Waals surface area (Å²) in [7, 11) is 0. The zero-order chi connectivity index (χ0) is 15.5. The molecule has 0 spiro atoms. The molecule has 22 heavy (non-hydrogen) atoms. The number of anilines is 1. The number of nitrogens with two attached hydrogens (primary N) is 1. The van der Waals surface area contributed by atoms with Gasteiger partial charge in [-0.15, -0.1) is 0 Å². The molecule has 0 saturated carbocycles. The Morgan fingerprint density at radius 3 is 2.73 bits per heavy atom. The Balaban J connectivity index is 1.73. The van der Waals surface area contributed by atoms with Gasteiger partial charge in [-0.3, -0.25) is 4.79 Å². The van der Waals surface area contributed by atoms with Crippen molar-refractivity contribution >= 4 is 11.6 Å². The van der Waals surface area contributed by atoms with E-state index in [1.165, 1.54) is 18.3 Å². The zero-order valence-electron chi connectivity index (χ0n) is 11.9. The topological polar surface area (TPSA) is 68.5 Å². The van der Waals surface area contributed by atoms with E-state index in [1.807, 2.05) is 0 Å². The lowest BCUT2D eigenvalue weighted by atomic mass is 10.1. The summed E-state index contributed by atoms with van der Waals surface area (Å²) in [6, 6.07) is 9.39. The van der Waals surface area contributed by atoms with Gasteiger partial charge in [0.1, 0.15) is 17.6 Å². The minimum Gasteiger partial charge on any atom is -0.397 e. The molecule has 1 aliphatic heterocycles. The molecule has 1 saturated heterocycles. The number of pyridine rings is 1. The predicted octanol–water partition coefficient (Wildman–Crippen LogP) is 2.02. The first-order valence-corrected chi connectivity index (χ1v) is 7.01. The predicted molar refractivity (Wildman–Crippen MR) is 79.6 cm³/mol. The SMILES string of the molecule is Nc1ccc(C(=O)N2CCOC(c3ccc(F)cc3)C2)nc1. The van der Waals surface area contributed by atoms with E-state index in [-0.39, 0.29) is 17.8 Å². The third-order valence-corrected chi connectivity index (χ3v) is 3.60. The third-order valence-electron chi connectivity index (χ3n) is 3.60. The first-order valence-electron chi connectivity index (χ1n) is 7.01. The van der Waals surface area contributed by atoms with E-state index in [0.717, 1.165) is 5.56 Å². The number of benzene rings is 1. The fraction of sp³-hybridized carbons (Fsp3) is 0.250. The van der Waals surface area contributed by atoms with Crippen molar-refractivity contribution in [2.75, 3.05) is 25.4 Å². The summed E-state index contributed by atoms with van der Waals surface area (Å²) in [6.07, 6.45) is 1.21. The second kappa shape index (κ2) is 6.11. The number of halogens is 1. The molecule has 6 heteroatoms. The maximum atomic E-state index is 13.0. The maximum absolute atomic E-state index is 13.0. The van der Waals surface area contributed by atoms with Crippen LogP contribution in [-0.2, 0) is 4.74 Å². The summed E-state index contributed by atoms with van der Waals surface area (Å²) in [6.45, 7) is 1.35. The average Bonchev–Trinajstić information content (AvgIpc) is 2.56. The lowest BCUT2D eigenvalue weighted by Gasteiger charge is -2.33. The van der Waals surface area contributed by atoms with Crippen LogP contribution in [0.25, 0.3) is 0 Å². The zero-order valence-corrected chi connectivity index (χ0v) is 11.9. The molecule has 1 aromatic carbocycles. The molecule has 3 rings (SSSR count). The van der Waals surface area contributed by atoms with Crippen molar-refractivity contribution in [1.82, 2.24) is 9.88 Å². The molecular weight excluding hydrogens is 285 g/mol. The van der Waals surface area contributed by atoms with Gasteiger partial charge in [0.05, 0.1) is 25.0 Å². The molecule has 1 fully saturated rings. The van der Waals surface area contributed by atoms with E-state index in [4.69, 9.17) is 10.5 Å². The number of hydrogen-bond donors (Lipinski definition) is 1. The molecule has 2 N–H and O–H groups in total. The van der Waals surface area contributed by atoms with Crippen LogP contribution in [0.15, 0.2) is 42.6 Å². The Labute approximate surface area is 127 Å². The first kappa shape index (κ1) is 14.5. The molecule has 1 unspecified atom stereocenters. The van der Waals surface area contributed by atoms with Crippen molar-refractivity contribution in [3.8, 4) is 0 Å². The van der Waals surface area contributed by atoms with E-state index in [0.29, 0.717) is 31.1 Å². The minimum atomic E-state index is -0.293. The minimum absolute atomic E-state index is 0.157. The number of amides is 1. The van der Waals surface area contributed by atoms with E-state index in [2.05, 4.69) is 4.98 Å². The molecule has 114 valence electrons. The van der Waals surface area contributed by atoms with Crippen LogP contribution in [0.2, 0.25) is 0 Å². The molecule has 2 heterocycles. The van der Waals surface area contributed by atoms with Crippen LogP contribution in [0.4, 0.5) is 10.1 Å². The number of hydrogen-bond acceptors (Lipinski definition) is 4. The van der Waals surface area contributed by atoms with Gasteiger partial charge in [-0.1, -0.05) is 12.1 Å². The van der Waals surface area contributed by atoms with Crippen molar-refractivity contribution in [1.29, 1.82) is 0 Å². The van der Waals surface area contributed by atoms with Crippen LogP contribution >= 0.6 is 0 Å². The highest BCUT2D eigenvalue weighted by molar-refractivity contribution is 5.92. The summed E-state index contributed by atoms with van der Waals surface area (Å²) in [5.41, 5.74) is 7.30. The highest BCUT2D eigenvalue weighted by Crippen LogP contribution is 2.23. The average molecular weight is 301 g/mol. The van der Waals surface area contributed by atoms with Crippen LogP contribution < -0.4 is 5.73 Å². The van der Waals surface area contributed by atoms with Gasteiger partial charge in [-0.2, -0.15) is 0 Å². The number of ether oxygens (including phenoxy) is 1. The number of morpholine rings is 1. The van der Waals surface area contributed by atoms with Crippen LogP contribution in [-0.4, -0.2) is 35.5 Å². The summed E-state index contributed by atoms with van der Waals surface area (Å²) in [4.78, 5) is 18.2. The Morgan fingerprint density at radius 1 is 1.27 bits per heavy atom. The fourth-order valence-electron chi connectivity index (χ4n) is 2.41. The number of rotatable bonds is 2. The second-order valence-electron chi connectivity index (χ2n) is 5.14. The molecule has 1 aromatic heterocycles. The summed E-state index contributed by atoms with van der Waals surface area (Å²) < 4.78 is 18.7. The Morgan fingerprint density at radius 2 is 2.05 bits per heavy atom. The Kier molecular flexibility index (Phi) is 4.02. The first-order chi connectivity index (χ1) is 10.6. The highest BCUT2D eigenvalue weighted by Gasteiger charge is 2.26. The van der Waals surface area contributed by atoms with Crippen LogP contribution in [0.1, 0.15) is 22.2 Å². The van der Waals surface area contributed by atoms with Gasteiger partial charge in [0.2, 0.25) is 0 Å². The molecule has 1 aliphatic rings. The molecule has 0 aliphatic carbocycles. The molecule has 5 nitrogen and oxygen atoms in total. The van der Waals surface area contributed by atoms with Crippen molar-refractivity contribution in [2.45, 2.75) is 6.10 Å². The molecule has 0 bridgehead atoms. The van der Waals surface area contributed by atoms with Crippen LogP contribution in [0.5, 0.6) is 0 Å². The normalized spacial score (nSPS) is 18.2. The highest BCUT2D eigenvalue weighted by atomic mass is 19.1. The number of nitrogen functional groups attached to an aromatic ring is 1. The second-order valence-corrected chi connectivity index (χ2v) is 5.14. The number of aromatic nitrogens is 1. The van der Waals surface area contributed by atoms with Gasteiger partial charge >= 0.3 is 0 Å². The van der Waals surface area contributed by atoms with Gasteiger partial charge in [0.15, 0.2) is 0 Å². The standard InChI is InChI=1S/C16H16FN3O2/c17-12-3-1-11(2-4-12)15-10-20(7-8-22-15)16(21)14-6-5-13(18)9-19-14/h1-6,9,15H,7-8,10,18H2. The van der Waals surface area contributed by atoms with Gasteiger partial charge < -0.3 is 15.4 Å². The summed E-state index contributed by atoms with van der Waals surface area (Å²) in [5, 5.41) is 0. The van der Waals surface area contributed by atoms with Gasteiger partial charge in [0.25, 0.3) is 5.91 Å². The summed E-state index contributed by atoms with van der Waals surface area (Å²) in [5.74, 6) is -0.450. The van der Waals surface area contributed by atoms with Crippen molar-refractivity contribution in [2.24, 2.45) is 0 Å². The van der Waals surface area contributed by atoms with Crippen molar-refractivity contribution in [3.63, 3.8) is 0 Å². The monoisotopic (exact) mass is 301 g/mol. The Bertz CT molecular complexity index is 658. The van der Waals surface area contributed by atoms with Crippen LogP contribution in [0, 0.1) is 5.82 Å². The smallest absolute Gasteiger partial charge is 0.272 e. The van der Waals surface area contributed by atoms with Crippen molar-refractivity contribution in [3.05, 3.63) is 59.7 Å². The summed E-state index contributed by atoms with van der Waals surface area (Å²) >= 11 is 0. The Hall–Kier alpha value is -2.47. The lowest BCUT2D eigenvalue weighted by Crippen LogP contribution is -2.42. The van der Waals surface area contributed by atoms with E-state index in [9.17, 15) is 9.18 Å². The van der Waals surface area contributed by atoms with Gasteiger partial charge in [-0.25, -0.2) is 9.37 Å². The lowest BCUT2D eigenvalue weighted by molar-refractivity contribution is -0.0230. The third kappa shape index (κ3) is 3.07. The van der Waals surface area contributed by atoms with E-state index in [1.54, 1.807) is 29.2 Å². The number of carbonyl (C=O) groups excluding carboxylic acids is 1. The van der Waals surface area contributed by atoms with Crippen LogP contribution in [0.3, 0.4) is 0 Å². The molecule has 2 aromatic rings. The number of carbonyl (C=O) groups is 1. The van der Waals surface area contributed by atoms with Gasteiger partial charge in [-0.05, 0) is 29.8 Å². The maximum Gasteiger partial charge on any atom is 0.272 e.